The van der Waals surface area contributed by atoms with Gasteiger partial charge < -0.3 is 5.11 Å². The minimum absolute atomic E-state index is 0.118. The molecule has 5 heteroatoms. The van der Waals surface area contributed by atoms with Gasteiger partial charge in [0.05, 0.1) is 12.4 Å². The Kier molecular flexibility index (Phi) is 6.51. The molecule has 1 N–H and O–H groups in total. The summed E-state index contributed by atoms with van der Waals surface area (Å²) in [5, 5.41) is 8.89. The van der Waals surface area contributed by atoms with Crippen molar-refractivity contribution in [3.8, 4) is 0 Å². The predicted molar refractivity (Wildman–Crippen MR) is 66.8 cm³/mol. The summed E-state index contributed by atoms with van der Waals surface area (Å²) < 4.78 is 25.5. The molecular formula is C11H25NO3S. The van der Waals surface area contributed by atoms with E-state index >= 15 is 0 Å². The molecule has 0 amide bonds. The van der Waals surface area contributed by atoms with Crippen molar-refractivity contribution in [2.75, 3.05) is 25.4 Å². The van der Waals surface area contributed by atoms with Gasteiger partial charge in [0, 0.05) is 13.1 Å². The molecule has 0 fully saturated rings. The van der Waals surface area contributed by atoms with Crippen LogP contribution in [0.4, 0.5) is 0 Å². The first-order valence-corrected chi connectivity index (χ1v) is 7.42. The van der Waals surface area contributed by atoms with Crippen molar-refractivity contribution in [1.29, 1.82) is 0 Å². The van der Waals surface area contributed by atoms with Crippen molar-refractivity contribution < 1.29 is 13.5 Å². The summed E-state index contributed by atoms with van der Waals surface area (Å²) in [4.78, 5) is 0. The molecule has 0 saturated heterocycles. The molecule has 16 heavy (non-hydrogen) atoms. The first-order valence-electron chi connectivity index (χ1n) is 5.81. The van der Waals surface area contributed by atoms with Crippen LogP contribution in [-0.4, -0.2) is 43.3 Å². The van der Waals surface area contributed by atoms with Gasteiger partial charge in [0.25, 0.3) is 0 Å². The van der Waals surface area contributed by atoms with Gasteiger partial charge in [-0.3, -0.25) is 0 Å². The Hall–Kier alpha value is -0.130. The minimum Gasteiger partial charge on any atom is -0.395 e. The Labute approximate surface area is 99.7 Å². The maximum atomic E-state index is 12.1. The van der Waals surface area contributed by atoms with Gasteiger partial charge in [-0.2, -0.15) is 4.31 Å². The molecule has 0 aliphatic rings. The number of aliphatic hydroxyl groups is 1. The van der Waals surface area contributed by atoms with E-state index in [1.807, 2.05) is 27.7 Å². The zero-order chi connectivity index (χ0) is 12.8. The summed E-state index contributed by atoms with van der Waals surface area (Å²) in [6.45, 7) is 8.33. The molecule has 0 aromatic heterocycles. The summed E-state index contributed by atoms with van der Waals surface area (Å²) in [6.07, 6.45) is 1.79. The Morgan fingerprint density at radius 2 is 1.75 bits per heavy atom. The number of unbranched alkanes of at least 4 members (excludes halogenated alkanes) is 1. The van der Waals surface area contributed by atoms with Crippen molar-refractivity contribution in [1.82, 2.24) is 4.31 Å². The lowest BCUT2D eigenvalue weighted by atomic mass is 10.0. The van der Waals surface area contributed by atoms with Crippen LogP contribution in [0.2, 0.25) is 0 Å². The molecule has 0 unspecified atom stereocenters. The Balaban J connectivity index is 4.62. The van der Waals surface area contributed by atoms with Crippen LogP contribution in [0.15, 0.2) is 0 Å². The smallest absolute Gasteiger partial charge is 0.214 e. The molecule has 0 saturated carbocycles. The fraction of sp³-hybridized carbons (Fsp3) is 1.00. The molecule has 0 heterocycles. The molecule has 98 valence electrons. The van der Waals surface area contributed by atoms with Crippen LogP contribution in [0.1, 0.15) is 40.5 Å². The van der Waals surface area contributed by atoms with E-state index in [0.717, 1.165) is 12.8 Å². The molecule has 0 aliphatic carbocycles. The molecular weight excluding hydrogens is 226 g/mol. The fourth-order valence-electron chi connectivity index (χ4n) is 1.47. The second-order valence-electron chi connectivity index (χ2n) is 5.29. The highest BCUT2D eigenvalue weighted by molar-refractivity contribution is 7.89. The number of hydrogen-bond donors (Lipinski definition) is 1. The van der Waals surface area contributed by atoms with Gasteiger partial charge in [0.15, 0.2) is 0 Å². The lowest BCUT2D eigenvalue weighted by Gasteiger charge is -2.26. The van der Waals surface area contributed by atoms with Crippen LogP contribution in [0.5, 0.6) is 0 Å². The highest BCUT2D eigenvalue weighted by Crippen LogP contribution is 2.18. The van der Waals surface area contributed by atoms with Gasteiger partial charge in [0.1, 0.15) is 0 Å². The van der Waals surface area contributed by atoms with Crippen molar-refractivity contribution in [3.63, 3.8) is 0 Å². The normalized spacial score (nSPS) is 13.4. The standard InChI is InChI=1S/C11H25NO3S/c1-5-6-7-12(8-9-13)16(14,15)10-11(2,3)4/h13H,5-10H2,1-4H3. The topological polar surface area (TPSA) is 57.6 Å². The highest BCUT2D eigenvalue weighted by Gasteiger charge is 2.27. The van der Waals surface area contributed by atoms with Gasteiger partial charge in [-0.15, -0.1) is 0 Å². The minimum atomic E-state index is -3.24. The van der Waals surface area contributed by atoms with Gasteiger partial charge in [-0.1, -0.05) is 34.1 Å². The zero-order valence-electron chi connectivity index (χ0n) is 10.9. The van der Waals surface area contributed by atoms with Crippen LogP contribution >= 0.6 is 0 Å². The maximum Gasteiger partial charge on any atom is 0.214 e. The summed E-state index contributed by atoms with van der Waals surface area (Å²) in [5.41, 5.74) is -0.251. The average Bonchev–Trinajstić information content (AvgIpc) is 2.07. The first-order chi connectivity index (χ1) is 7.23. The van der Waals surface area contributed by atoms with E-state index in [1.165, 1.54) is 4.31 Å². The van der Waals surface area contributed by atoms with Crippen LogP contribution in [-0.2, 0) is 10.0 Å². The fourth-order valence-corrected chi connectivity index (χ4v) is 3.52. The molecule has 0 aromatic carbocycles. The SMILES string of the molecule is CCCCN(CCO)S(=O)(=O)CC(C)(C)C. The van der Waals surface area contributed by atoms with E-state index in [4.69, 9.17) is 5.11 Å². The molecule has 0 aliphatic heterocycles. The number of aliphatic hydroxyl groups excluding tert-OH is 1. The summed E-state index contributed by atoms with van der Waals surface area (Å²) in [6, 6.07) is 0. The average molecular weight is 251 g/mol. The van der Waals surface area contributed by atoms with Crippen molar-refractivity contribution in [2.45, 2.75) is 40.5 Å². The lowest BCUT2D eigenvalue weighted by molar-refractivity contribution is 0.251. The Morgan fingerprint density at radius 1 is 1.19 bits per heavy atom. The molecule has 0 bridgehead atoms. The molecule has 0 spiro atoms. The lowest BCUT2D eigenvalue weighted by Crippen LogP contribution is -2.39. The summed E-state index contributed by atoms with van der Waals surface area (Å²) in [7, 11) is -3.24. The van der Waals surface area contributed by atoms with Crippen LogP contribution in [0, 0.1) is 5.41 Å². The van der Waals surface area contributed by atoms with Gasteiger partial charge in [0.2, 0.25) is 10.0 Å². The quantitative estimate of drug-likeness (QED) is 0.745. The summed E-state index contributed by atoms with van der Waals surface area (Å²) >= 11 is 0. The molecule has 0 radical (unpaired) electrons. The monoisotopic (exact) mass is 251 g/mol. The highest BCUT2D eigenvalue weighted by atomic mass is 32.2. The molecule has 0 aromatic rings. The van der Waals surface area contributed by atoms with E-state index in [9.17, 15) is 8.42 Å². The molecule has 0 rings (SSSR count). The largest absolute Gasteiger partial charge is 0.395 e. The zero-order valence-corrected chi connectivity index (χ0v) is 11.7. The van der Waals surface area contributed by atoms with Crippen molar-refractivity contribution in [3.05, 3.63) is 0 Å². The van der Waals surface area contributed by atoms with E-state index in [2.05, 4.69) is 0 Å². The number of rotatable bonds is 7. The number of sulfonamides is 1. The number of hydrogen-bond acceptors (Lipinski definition) is 3. The van der Waals surface area contributed by atoms with E-state index in [1.54, 1.807) is 0 Å². The number of nitrogens with zero attached hydrogens (tertiary/aromatic N) is 1. The van der Waals surface area contributed by atoms with Crippen molar-refractivity contribution >= 4 is 10.0 Å². The van der Waals surface area contributed by atoms with Crippen LogP contribution < -0.4 is 0 Å². The third-order valence-corrected chi connectivity index (χ3v) is 4.50. The van der Waals surface area contributed by atoms with Gasteiger partial charge in [-0.05, 0) is 11.8 Å². The van der Waals surface area contributed by atoms with E-state index in [0.29, 0.717) is 6.54 Å². The Bertz CT molecular complexity index is 280. The van der Waals surface area contributed by atoms with Gasteiger partial charge in [-0.25, -0.2) is 8.42 Å². The maximum absolute atomic E-state index is 12.1. The first kappa shape index (κ1) is 15.9. The van der Waals surface area contributed by atoms with E-state index in [-0.39, 0.29) is 24.3 Å². The molecule has 4 nitrogen and oxygen atoms in total. The summed E-state index contributed by atoms with van der Waals surface area (Å²) in [5.74, 6) is 0.129. The van der Waals surface area contributed by atoms with Crippen LogP contribution in [0.3, 0.4) is 0 Å². The predicted octanol–water partition coefficient (Wildman–Crippen LogP) is 1.46. The third-order valence-electron chi connectivity index (χ3n) is 2.12. The Morgan fingerprint density at radius 3 is 2.12 bits per heavy atom. The molecule has 0 atom stereocenters. The van der Waals surface area contributed by atoms with Gasteiger partial charge >= 0.3 is 0 Å². The van der Waals surface area contributed by atoms with E-state index < -0.39 is 10.0 Å². The second kappa shape index (κ2) is 6.57. The van der Waals surface area contributed by atoms with Crippen molar-refractivity contribution in [2.24, 2.45) is 5.41 Å². The third kappa shape index (κ3) is 6.45. The van der Waals surface area contributed by atoms with Crippen LogP contribution in [0.25, 0.3) is 0 Å². The second-order valence-corrected chi connectivity index (χ2v) is 7.26.